The van der Waals surface area contributed by atoms with Crippen molar-refractivity contribution >= 4 is 42.9 Å². The van der Waals surface area contributed by atoms with Gasteiger partial charge in [0.05, 0.1) is 15.5 Å². The molecule has 0 radical (unpaired) electrons. The van der Waals surface area contributed by atoms with E-state index in [9.17, 15) is 8.78 Å². The Balaban J connectivity index is 2.20. The molecule has 1 N–H and O–H groups in total. The van der Waals surface area contributed by atoms with Gasteiger partial charge in [-0.25, -0.2) is 13.8 Å². The van der Waals surface area contributed by atoms with Crippen LogP contribution in [0.3, 0.4) is 0 Å². The summed E-state index contributed by atoms with van der Waals surface area (Å²) in [5.41, 5.74) is 1.78. The van der Waals surface area contributed by atoms with Gasteiger partial charge >= 0.3 is 0 Å². The molecule has 96 valence electrons. The maximum absolute atomic E-state index is 13.4. The zero-order valence-corrected chi connectivity index (χ0v) is 12.5. The highest BCUT2D eigenvalue weighted by Gasteiger charge is 2.10. The molecular formula is C13H6Br2F2N2. The van der Waals surface area contributed by atoms with Gasteiger partial charge in [0, 0.05) is 16.1 Å². The van der Waals surface area contributed by atoms with E-state index in [4.69, 9.17) is 0 Å². The van der Waals surface area contributed by atoms with Crippen molar-refractivity contribution in [2.24, 2.45) is 0 Å². The second-order valence-electron chi connectivity index (χ2n) is 4.03. The number of nitrogens with one attached hydrogen (secondary N) is 1. The number of rotatable bonds is 1. The van der Waals surface area contributed by atoms with Crippen molar-refractivity contribution in [3.8, 4) is 11.4 Å². The molecule has 6 heteroatoms. The highest BCUT2D eigenvalue weighted by atomic mass is 79.9. The Labute approximate surface area is 124 Å². The average molecular weight is 388 g/mol. The Hall–Kier alpha value is -1.27. The van der Waals surface area contributed by atoms with E-state index < -0.39 is 0 Å². The van der Waals surface area contributed by atoms with Crippen LogP contribution < -0.4 is 0 Å². The predicted octanol–water partition coefficient (Wildman–Crippen LogP) is 5.03. The molecule has 1 aromatic heterocycles. The Morgan fingerprint density at radius 3 is 2.53 bits per heavy atom. The highest BCUT2D eigenvalue weighted by molar-refractivity contribution is 9.10. The SMILES string of the molecule is Fc1cc(Br)cc(-c2nc3cc(Br)c(F)cc3[nH]2)c1. The zero-order valence-electron chi connectivity index (χ0n) is 9.35. The first-order chi connectivity index (χ1) is 9.02. The standard InChI is InChI=1S/C13H6Br2F2N2/c14-7-1-6(2-8(16)3-7)13-18-11-4-9(15)10(17)5-12(11)19-13/h1-5H,(H,18,19). The quantitative estimate of drug-likeness (QED) is 0.623. The topological polar surface area (TPSA) is 28.7 Å². The number of hydrogen-bond donors (Lipinski definition) is 1. The van der Waals surface area contributed by atoms with Crippen LogP contribution in [0.25, 0.3) is 22.4 Å². The second kappa shape index (κ2) is 4.68. The predicted molar refractivity (Wildman–Crippen MR) is 76.8 cm³/mol. The van der Waals surface area contributed by atoms with Crippen molar-refractivity contribution in [2.75, 3.05) is 0 Å². The summed E-state index contributed by atoms with van der Waals surface area (Å²) in [6.07, 6.45) is 0. The van der Waals surface area contributed by atoms with E-state index >= 15 is 0 Å². The van der Waals surface area contributed by atoms with Crippen LogP contribution in [-0.2, 0) is 0 Å². The summed E-state index contributed by atoms with van der Waals surface area (Å²) in [4.78, 5) is 7.30. The third-order valence-corrected chi connectivity index (χ3v) is 3.73. The van der Waals surface area contributed by atoms with Crippen LogP contribution in [0.5, 0.6) is 0 Å². The molecule has 0 aliphatic rings. The Morgan fingerprint density at radius 2 is 1.79 bits per heavy atom. The minimum Gasteiger partial charge on any atom is -0.338 e. The third-order valence-electron chi connectivity index (χ3n) is 2.66. The van der Waals surface area contributed by atoms with Crippen molar-refractivity contribution in [2.45, 2.75) is 0 Å². The smallest absolute Gasteiger partial charge is 0.139 e. The van der Waals surface area contributed by atoms with Gasteiger partial charge in [-0.2, -0.15) is 0 Å². The summed E-state index contributed by atoms with van der Waals surface area (Å²) in [6.45, 7) is 0. The Bertz CT molecular complexity index is 724. The fourth-order valence-corrected chi connectivity index (χ4v) is 2.63. The molecule has 0 fully saturated rings. The molecule has 3 aromatic rings. The molecule has 0 atom stereocenters. The molecule has 2 nitrogen and oxygen atoms in total. The molecule has 0 amide bonds. The maximum Gasteiger partial charge on any atom is 0.139 e. The first-order valence-electron chi connectivity index (χ1n) is 5.34. The van der Waals surface area contributed by atoms with E-state index in [1.54, 1.807) is 12.1 Å². The van der Waals surface area contributed by atoms with E-state index in [1.165, 1.54) is 18.2 Å². The van der Waals surface area contributed by atoms with Gasteiger partial charge in [-0.15, -0.1) is 0 Å². The number of H-pyrrole nitrogens is 1. The highest BCUT2D eigenvalue weighted by Crippen LogP contribution is 2.27. The Kier molecular flexibility index (Phi) is 3.14. The van der Waals surface area contributed by atoms with Gasteiger partial charge in [0.25, 0.3) is 0 Å². The molecule has 0 aliphatic heterocycles. The van der Waals surface area contributed by atoms with Gasteiger partial charge in [-0.3, -0.25) is 0 Å². The van der Waals surface area contributed by atoms with Crippen LogP contribution >= 0.6 is 31.9 Å². The maximum atomic E-state index is 13.4. The van der Waals surface area contributed by atoms with Crippen molar-refractivity contribution in [3.05, 3.63) is 50.9 Å². The number of halogens is 4. The molecule has 3 rings (SSSR count). The molecule has 0 unspecified atom stereocenters. The molecule has 0 bridgehead atoms. The van der Waals surface area contributed by atoms with E-state index in [0.717, 1.165) is 0 Å². The molecule has 1 heterocycles. The molecular weight excluding hydrogens is 382 g/mol. The first kappa shape index (κ1) is 12.7. The van der Waals surface area contributed by atoms with Gasteiger partial charge in [-0.05, 0) is 40.2 Å². The van der Waals surface area contributed by atoms with Crippen LogP contribution in [0.1, 0.15) is 0 Å². The van der Waals surface area contributed by atoms with E-state index in [2.05, 4.69) is 41.8 Å². The van der Waals surface area contributed by atoms with Crippen molar-refractivity contribution < 1.29 is 8.78 Å². The van der Waals surface area contributed by atoms with Crippen LogP contribution in [0.4, 0.5) is 8.78 Å². The molecule has 0 spiro atoms. The number of fused-ring (bicyclic) bond motifs is 1. The van der Waals surface area contributed by atoms with Crippen LogP contribution in [0.15, 0.2) is 39.3 Å². The van der Waals surface area contributed by atoms with Gasteiger partial charge in [0.15, 0.2) is 0 Å². The minimum absolute atomic E-state index is 0.346. The number of aromatic nitrogens is 2. The normalized spacial score (nSPS) is 11.2. The lowest BCUT2D eigenvalue weighted by molar-refractivity contribution is 0.623. The largest absolute Gasteiger partial charge is 0.338 e. The molecule has 0 saturated heterocycles. The first-order valence-corrected chi connectivity index (χ1v) is 6.93. The summed E-state index contributed by atoms with van der Waals surface area (Å²) in [7, 11) is 0. The number of imidazole rings is 1. The zero-order chi connectivity index (χ0) is 13.6. The Morgan fingerprint density at radius 1 is 1.00 bits per heavy atom. The molecule has 2 aromatic carbocycles. The summed E-state index contributed by atoms with van der Waals surface area (Å²) in [6, 6.07) is 7.41. The van der Waals surface area contributed by atoms with Gasteiger partial charge in [0.2, 0.25) is 0 Å². The van der Waals surface area contributed by atoms with Crippen molar-refractivity contribution in [1.82, 2.24) is 9.97 Å². The lowest BCUT2D eigenvalue weighted by Crippen LogP contribution is -1.83. The van der Waals surface area contributed by atoms with E-state index in [-0.39, 0.29) is 11.6 Å². The minimum atomic E-state index is -0.372. The molecule has 0 saturated carbocycles. The van der Waals surface area contributed by atoms with E-state index in [1.807, 2.05) is 0 Å². The lowest BCUT2D eigenvalue weighted by atomic mass is 10.2. The van der Waals surface area contributed by atoms with Crippen LogP contribution in [-0.4, -0.2) is 9.97 Å². The fourth-order valence-electron chi connectivity index (χ4n) is 1.83. The average Bonchev–Trinajstić information content (AvgIpc) is 2.71. The van der Waals surface area contributed by atoms with E-state index in [0.29, 0.717) is 31.4 Å². The summed E-state index contributed by atoms with van der Waals surface area (Å²) >= 11 is 6.34. The lowest BCUT2D eigenvalue weighted by Gasteiger charge is -1.98. The number of benzene rings is 2. The van der Waals surface area contributed by atoms with Crippen LogP contribution in [0.2, 0.25) is 0 Å². The van der Waals surface area contributed by atoms with Crippen LogP contribution in [0, 0.1) is 11.6 Å². The van der Waals surface area contributed by atoms with Gasteiger partial charge < -0.3 is 4.98 Å². The van der Waals surface area contributed by atoms with Gasteiger partial charge in [-0.1, -0.05) is 15.9 Å². The monoisotopic (exact) mass is 386 g/mol. The molecule has 0 aliphatic carbocycles. The van der Waals surface area contributed by atoms with Gasteiger partial charge in [0.1, 0.15) is 17.5 Å². The summed E-state index contributed by atoms with van der Waals surface area (Å²) in [5.74, 6) is -0.243. The van der Waals surface area contributed by atoms with Crippen molar-refractivity contribution in [1.29, 1.82) is 0 Å². The second-order valence-corrected chi connectivity index (χ2v) is 5.80. The number of nitrogens with zero attached hydrogens (tertiary/aromatic N) is 1. The third kappa shape index (κ3) is 2.42. The van der Waals surface area contributed by atoms with Crippen molar-refractivity contribution in [3.63, 3.8) is 0 Å². The number of hydrogen-bond acceptors (Lipinski definition) is 1. The summed E-state index contributed by atoms with van der Waals surface area (Å²) < 4.78 is 27.8. The summed E-state index contributed by atoms with van der Waals surface area (Å²) in [5, 5.41) is 0. The fraction of sp³-hybridized carbons (Fsp3) is 0. The number of aromatic amines is 1. The molecule has 19 heavy (non-hydrogen) atoms.